The molecule has 2 rings (SSSR count). The Morgan fingerprint density at radius 2 is 2.21 bits per heavy atom. The Bertz CT molecular complexity index is 481. The summed E-state index contributed by atoms with van der Waals surface area (Å²) in [5.41, 5.74) is 2.00. The Morgan fingerprint density at radius 3 is 2.89 bits per heavy atom. The topological polar surface area (TPSA) is 58.6 Å². The lowest BCUT2D eigenvalue weighted by Gasteiger charge is -2.30. The third-order valence-electron chi connectivity index (χ3n) is 3.06. The van der Waals surface area contributed by atoms with Gasteiger partial charge < -0.3 is 19.4 Å². The number of carbonyl (C=O) groups is 1. The first-order valence-electron chi connectivity index (χ1n) is 6.30. The van der Waals surface area contributed by atoms with E-state index >= 15 is 0 Å². The van der Waals surface area contributed by atoms with Crippen LogP contribution in [-0.4, -0.2) is 18.7 Å². The molecule has 0 N–H and O–H groups in total. The van der Waals surface area contributed by atoms with Gasteiger partial charge in [0.15, 0.2) is 0 Å². The van der Waals surface area contributed by atoms with Crippen molar-refractivity contribution in [2.24, 2.45) is 0 Å². The van der Waals surface area contributed by atoms with Crippen LogP contribution in [0.3, 0.4) is 0 Å². The fourth-order valence-electron chi connectivity index (χ4n) is 2.33. The number of benzene rings is 1. The van der Waals surface area contributed by atoms with Crippen LogP contribution in [0.5, 0.6) is 5.75 Å². The molecule has 1 aromatic carbocycles. The van der Waals surface area contributed by atoms with E-state index in [0.717, 1.165) is 24.0 Å². The highest BCUT2D eigenvalue weighted by Gasteiger charge is 2.25. The summed E-state index contributed by atoms with van der Waals surface area (Å²) in [5, 5.41) is 10.5. The SMILES string of the molecule is C=C1CC(C)OC(c2ccccc2OCC(=O)[O-])C1. The maximum absolute atomic E-state index is 10.5. The number of aliphatic carboxylic acids is 1. The zero-order valence-corrected chi connectivity index (χ0v) is 10.9. The summed E-state index contributed by atoms with van der Waals surface area (Å²) in [5.74, 6) is -0.712. The zero-order chi connectivity index (χ0) is 13.8. The third kappa shape index (κ3) is 3.58. The van der Waals surface area contributed by atoms with Gasteiger partial charge in [0.25, 0.3) is 0 Å². The second kappa shape index (κ2) is 5.89. The zero-order valence-electron chi connectivity index (χ0n) is 10.9. The molecule has 0 radical (unpaired) electrons. The highest BCUT2D eigenvalue weighted by atomic mass is 16.5. The second-order valence-electron chi connectivity index (χ2n) is 4.79. The van der Waals surface area contributed by atoms with Crippen molar-refractivity contribution in [1.29, 1.82) is 0 Å². The molecule has 0 aliphatic carbocycles. The Kier molecular flexibility index (Phi) is 4.22. The second-order valence-corrected chi connectivity index (χ2v) is 4.79. The number of rotatable bonds is 4. The Balaban J connectivity index is 2.18. The maximum atomic E-state index is 10.5. The Morgan fingerprint density at radius 1 is 1.47 bits per heavy atom. The van der Waals surface area contributed by atoms with E-state index in [1.54, 1.807) is 12.1 Å². The van der Waals surface area contributed by atoms with Gasteiger partial charge in [-0.25, -0.2) is 0 Å². The van der Waals surface area contributed by atoms with Crippen LogP contribution in [0.15, 0.2) is 36.4 Å². The van der Waals surface area contributed by atoms with E-state index in [9.17, 15) is 9.90 Å². The molecule has 1 heterocycles. The molecule has 4 nitrogen and oxygen atoms in total. The molecule has 19 heavy (non-hydrogen) atoms. The van der Waals surface area contributed by atoms with Gasteiger partial charge in [-0.1, -0.05) is 30.4 Å². The molecule has 1 aliphatic rings. The van der Waals surface area contributed by atoms with Crippen molar-refractivity contribution in [3.05, 3.63) is 42.0 Å². The average Bonchev–Trinajstić information content (AvgIpc) is 2.35. The highest BCUT2D eigenvalue weighted by Crippen LogP contribution is 2.37. The number of hydrogen-bond acceptors (Lipinski definition) is 4. The van der Waals surface area contributed by atoms with Crippen LogP contribution in [0, 0.1) is 0 Å². The van der Waals surface area contributed by atoms with Crippen LogP contribution in [0.25, 0.3) is 0 Å². The normalized spacial score (nSPS) is 23.1. The summed E-state index contributed by atoms with van der Waals surface area (Å²) < 4.78 is 11.1. The van der Waals surface area contributed by atoms with Crippen LogP contribution >= 0.6 is 0 Å². The molecule has 1 aromatic rings. The van der Waals surface area contributed by atoms with Gasteiger partial charge in [-0.3, -0.25) is 0 Å². The van der Waals surface area contributed by atoms with Crippen molar-refractivity contribution in [2.75, 3.05) is 6.61 Å². The van der Waals surface area contributed by atoms with Gasteiger partial charge in [0.2, 0.25) is 0 Å². The number of carbonyl (C=O) groups excluding carboxylic acids is 1. The molecule has 1 fully saturated rings. The predicted octanol–water partition coefficient (Wildman–Crippen LogP) is 1.61. The van der Waals surface area contributed by atoms with Crippen LogP contribution in [-0.2, 0) is 9.53 Å². The van der Waals surface area contributed by atoms with E-state index in [4.69, 9.17) is 9.47 Å². The molecule has 0 spiro atoms. The molecule has 0 amide bonds. The monoisotopic (exact) mass is 261 g/mol. The lowest BCUT2D eigenvalue weighted by Crippen LogP contribution is -2.29. The van der Waals surface area contributed by atoms with Gasteiger partial charge >= 0.3 is 0 Å². The highest BCUT2D eigenvalue weighted by molar-refractivity contribution is 5.66. The van der Waals surface area contributed by atoms with E-state index in [1.165, 1.54) is 0 Å². The molecule has 2 atom stereocenters. The third-order valence-corrected chi connectivity index (χ3v) is 3.06. The standard InChI is InChI=1S/C15H18O4/c1-10-7-11(2)19-14(8-10)12-5-3-4-6-13(12)18-9-15(16)17/h3-6,11,14H,1,7-9H2,2H3,(H,16,17)/p-1. The van der Waals surface area contributed by atoms with Gasteiger partial charge in [-0.2, -0.15) is 0 Å². The molecular weight excluding hydrogens is 244 g/mol. The molecule has 2 unspecified atom stereocenters. The molecule has 1 aliphatic heterocycles. The first kappa shape index (κ1) is 13.6. The number of carboxylic acid groups (broad SMARTS) is 1. The Labute approximate surface area is 112 Å². The van der Waals surface area contributed by atoms with Gasteiger partial charge in [0, 0.05) is 5.56 Å². The minimum Gasteiger partial charge on any atom is -0.546 e. The minimum absolute atomic E-state index is 0.112. The van der Waals surface area contributed by atoms with Crippen LogP contribution < -0.4 is 9.84 Å². The van der Waals surface area contributed by atoms with Crippen molar-refractivity contribution >= 4 is 5.97 Å². The van der Waals surface area contributed by atoms with Gasteiger partial charge in [-0.15, -0.1) is 0 Å². The maximum Gasteiger partial charge on any atom is 0.128 e. The number of carboxylic acids is 1. The fourth-order valence-corrected chi connectivity index (χ4v) is 2.33. The lowest BCUT2D eigenvalue weighted by molar-refractivity contribution is -0.307. The molecule has 102 valence electrons. The van der Waals surface area contributed by atoms with Crippen molar-refractivity contribution in [1.82, 2.24) is 0 Å². The van der Waals surface area contributed by atoms with Gasteiger partial charge in [-0.05, 0) is 25.8 Å². The first-order chi connectivity index (χ1) is 9.06. The summed E-state index contributed by atoms with van der Waals surface area (Å²) in [4.78, 5) is 10.5. The average molecular weight is 261 g/mol. The van der Waals surface area contributed by atoms with Crippen LogP contribution in [0.1, 0.15) is 31.4 Å². The van der Waals surface area contributed by atoms with E-state index in [2.05, 4.69) is 6.58 Å². The van der Waals surface area contributed by atoms with Crippen molar-refractivity contribution in [3.8, 4) is 5.75 Å². The number of hydrogen-bond donors (Lipinski definition) is 0. The minimum atomic E-state index is -1.24. The van der Waals surface area contributed by atoms with E-state index in [0.29, 0.717) is 5.75 Å². The van der Waals surface area contributed by atoms with E-state index in [-0.39, 0.29) is 12.2 Å². The van der Waals surface area contributed by atoms with Gasteiger partial charge in [0.1, 0.15) is 12.4 Å². The smallest absolute Gasteiger partial charge is 0.128 e. The quantitative estimate of drug-likeness (QED) is 0.773. The summed E-state index contributed by atoms with van der Waals surface area (Å²) in [6, 6.07) is 7.31. The van der Waals surface area contributed by atoms with Crippen LogP contribution in [0.2, 0.25) is 0 Å². The molecule has 0 bridgehead atoms. The van der Waals surface area contributed by atoms with E-state index < -0.39 is 12.6 Å². The largest absolute Gasteiger partial charge is 0.546 e. The van der Waals surface area contributed by atoms with Crippen molar-refractivity contribution < 1.29 is 19.4 Å². The van der Waals surface area contributed by atoms with Gasteiger partial charge in [0.05, 0.1) is 18.2 Å². The molecule has 0 saturated carbocycles. The molecule has 0 aromatic heterocycles. The summed E-state index contributed by atoms with van der Waals surface area (Å²) in [6.07, 6.45) is 1.57. The predicted molar refractivity (Wildman–Crippen MR) is 68.6 cm³/mol. The Hall–Kier alpha value is -1.81. The first-order valence-corrected chi connectivity index (χ1v) is 6.30. The van der Waals surface area contributed by atoms with Crippen LogP contribution in [0.4, 0.5) is 0 Å². The summed E-state index contributed by atoms with van der Waals surface area (Å²) in [7, 11) is 0. The number of para-hydroxylation sites is 1. The van der Waals surface area contributed by atoms with Crippen molar-refractivity contribution in [3.63, 3.8) is 0 Å². The fraction of sp³-hybridized carbons (Fsp3) is 0.400. The molecule has 1 saturated heterocycles. The van der Waals surface area contributed by atoms with E-state index in [1.807, 2.05) is 19.1 Å². The molecule has 4 heteroatoms. The molecular formula is C15H17O4-. The van der Waals surface area contributed by atoms with Crippen molar-refractivity contribution in [2.45, 2.75) is 32.0 Å². The summed E-state index contributed by atoms with van der Waals surface area (Å²) >= 11 is 0. The lowest BCUT2D eigenvalue weighted by atomic mass is 9.95. The summed E-state index contributed by atoms with van der Waals surface area (Å²) in [6.45, 7) is 5.56. The number of ether oxygens (including phenoxy) is 2.